The summed E-state index contributed by atoms with van der Waals surface area (Å²) >= 11 is 13.3. The second-order valence-electron chi connectivity index (χ2n) is 13.5. The molecule has 2 aromatic rings. The molecule has 5 rings (SSSR count). The van der Waals surface area contributed by atoms with Gasteiger partial charge in [-0.1, -0.05) is 50.9 Å². The van der Waals surface area contributed by atoms with Gasteiger partial charge in [0.1, 0.15) is 0 Å². The molecule has 0 N–H and O–H groups in total. The molecule has 1 aliphatic heterocycles. The van der Waals surface area contributed by atoms with E-state index in [4.69, 9.17) is 32.7 Å². The molecule has 0 amide bonds. The van der Waals surface area contributed by atoms with Crippen molar-refractivity contribution >= 4 is 40.5 Å². The zero-order chi connectivity index (χ0) is 33.9. The topological polar surface area (TPSA) is 99.0 Å². The van der Waals surface area contributed by atoms with Crippen LogP contribution in [0.15, 0.2) is 52.9 Å². The van der Waals surface area contributed by atoms with E-state index < -0.39 is 34.0 Å². The fourth-order valence-electron chi connectivity index (χ4n) is 6.71. The van der Waals surface area contributed by atoms with Crippen molar-refractivity contribution < 1.29 is 37.2 Å². The minimum atomic E-state index is -4.81. The summed E-state index contributed by atoms with van der Waals surface area (Å²) in [5, 5.41) is 11.4. The second-order valence-corrected chi connectivity index (χ2v) is 14.3. The molecule has 0 bridgehead atoms. The average molecular weight is 682 g/mol. The Kier molecular flexibility index (Phi) is 8.85. The predicted octanol–water partition coefficient (Wildman–Crippen LogP) is 9.04. The Morgan fingerprint density at radius 3 is 1.91 bits per heavy atom. The summed E-state index contributed by atoms with van der Waals surface area (Å²) in [4.78, 5) is 40.6. The maximum atomic E-state index is 13.9. The number of hydrogen-bond donors (Lipinski definition) is 0. The Morgan fingerprint density at radius 2 is 1.46 bits per heavy atom. The van der Waals surface area contributed by atoms with Gasteiger partial charge in [-0.25, -0.2) is 0 Å². The molecule has 8 nitrogen and oxygen atoms in total. The van der Waals surface area contributed by atoms with E-state index in [2.05, 4.69) is 4.90 Å². The van der Waals surface area contributed by atoms with E-state index in [9.17, 15) is 32.9 Å². The van der Waals surface area contributed by atoms with Crippen LogP contribution < -0.4 is 4.74 Å². The molecular formula is C33H33Cl2F3N2O6. The summed E-state index contributed by atoms with van der Waals surface area (Å²) < 4.78 is 50.8. The highest BCUT2D eigenvalue weighted by Crippen LogP contribution is 2.55. The molecule has 2 aliphatic carbocycles. The Morgan fingerprint density at radius 1 is 0.935 bits per heavy atom. The fourth-order valence-corrected chi connectivity index (χ4v) is 7.29. The van der Waals surface area contributed by atoms with Crippen LogP contribution in [0.2, 0.25) is 10.0 Å². The van der Waals surface area contributed by atoms with Gasteiger partial charge < -0.3 is 14.4 Å². The highest BCUT2D eigenvalue weighted by atomic mass is 35.5. The Balaban J connectivity index is 1.66. The number of nitro benzene ring substituents is 1. The molecule has 246 valence electrons. The first kappa shape index (κ1) is 33.9. The van der Waals surface area contributed by atoms with Crippen LogP contribution in [0.3, 0.4) is 0 Å². The molecule has 3 aliphatic rings. The molecule has 0 fully saturated rings. The number of allylic oxidation sites excluding steroid dienone is 4. The number of halogens is 5. The maximum Gasteiger partial charge on any atom is 0.416 e. The van der Waals surface area contributed by atoms with Gasteiger partial charge in [0.25, 0.3) is 0 Å². The van der Waals surface area contributed by atoms with Gasteiger partial charge in [-0.3, -0.25) is 19.7 Å². The Labute approximate surface area is 274 Å². The zero-order valence-corrected chi connectivity index (χ0v) is 27.5. The summed E-state index contributed by atoms with van der Waals surface area (Å²) in [6.45, 7) is 8.93. The first-order chi connectivity index (χ1) is 21.3. The van der Waals surface area contributed by atoms with Crippen molar-refractivity contribution in [1.29, 1.82) is 0 Å². The highest BCUT2D eigenvalue weighted by Gasteiger charge is 2.49. The van der Waals surface area contributed by atoms with Crippen molar-refractivity contribution in [3.05, 3.63) is 84.2 Å². The lowest BCUT2D eigenvalue weighted by Gasteiger charge is -2.49. The molecule has 0 saturated carbocycles. The van der Waals surface area contributed by atoms with Crippen molar-refractivity contribution in [3.8, 4) is 11.5 Å². The number of methoxy groups -OCH3 is 1. The monoisotopic (exact) mass is 680 g/mol. The number of carbonyl (C=O) groups is 2. The van der Waals surface area contributed by atoms with E-state index >= 15 is 0 Å². The number of alkyl halides is 3. The van der Waals surface area contributed by atoms with E-state index in [-0.39, 0.29) is 51.0 Å². The van der Waals surface area contributed by atoms with Crippen molar-refractivity contribution in [2.45, 2.75) is 65.5 Å². The van der Waals surface area contributed by atoms with Gasteiger partial charge in [0.05, 0.1) is 27.1 Å². The third-order valence-electron chi connectivity index (χ3n) is 8.59. The smallest absolute Gasteiger partial charge is 0.416 e. The van der Waals surface area contributed by atoms with Crippen LogP contribution in [0.4, 0.5) is 18.9 Å². The summed E-state index contributed by atoms with van der Waals surface area (Å²) in [7, 11) is 1.59. The average Bonchev–Trinajstić information content (AvgIpc) is 2.91. The van der Waals surface area contributed by atoms with Gasteiger partial charge >= 0.3 is 11.9 Å². The van der Waals surface area contributed by atoms with Crippen LogP contribution in [0, 0.1) is 20.9 Å². The number of ether oxygens (including phenoxy) is 2. The van der Waals surface area contributed by atoms with Gasteiger partial charge in [-0.15, -0.1) is 0 Å². The van der Waals surface area contributed by atoms with Gasteiger partial charge in [-0.05, 0) is 53.5 Å². The molecule has 0 atom stereocenters. The molecule has 13 heteroatoms. The van der Waals surface area contributed by atoms with Crippen LogP contribution in [-0.4, -0.2) is 41.7 Å². The van der Waals surface area contributed by atoms with Crippen molar-refractivity contribution in [1.82, 2.24) is 4.90 Å². The Bertz CT molecular complexity index is 1640. The molecule has 2 aromatic carbocycles. The first-order valence-electron chi connectivity index (χ1n) is 14.6. The minimum absolute atomic E-state index is 0.101. The third kappa shape index (κ3) is 6.41. The predicted molar refractivity (Wildman–Crippen MR) is 166 cm³/mol. The van der Waals surface area contributed by atoms with Crippen molar-refractivity contribution in [2.75, 3.05) is 20.3 Å². The molecule has 0 aromatic heterocycles. The SMILES string of the molecule is COCCN1C2=C(C(=O)CC(C)(C)C2)C(c2cc(Cl)c(Oc3ccc(C(F)(F)F)cc3[N+](=O)[O-])c(Cl)c2)C2=C1CC(C)(C)CC2=O. The van der Waals surface area contributed by atoms with Gasteiger partial charge in [0.15, 0.2) is 17.3 Å². The molecule has 0 spiro atoms. The Hall–Kier alpha value is -3.41. The first-order valence-corrected chi connectivity index (χ1v) is 15.4. The number of rotatable bonds is 7. The standard InChI is InChI=1S/C33H33Cl2F3N2O6/c1-31(2)13-22-28(24(41)15-31)27(29-23(39(22)8-9-45-5)14-32(3,4)16-25(29)42)17-10-19(34)30(20(35)11-17)46-26-7-6-18(33(36,37)38)12-21(26)40(43)44/h6-7,10-12,27H,8-9,13-16H2,1-5H3. The lowest BCUT2D eigenvalue weighted by molar-refractivity contribution is -0.385. The van der Waals surface area contributed by atoms with Crippen LogP contribution in [0.1, 0.15) is 70.4 Å². The van der Waals surface area contributed by atoms with Gasteiger partial charge in [-0.2, -0.15) is 13.2 Å². The van der Waals surface area contributed by atoms with Gasteiger partial charge in [0.2, 0.25) is 5.75 Å². The number of Topliss-reactive ketones (excluding diaryl/α,β-unsaturated/α-hetero) is 2. The number of nitro groups is 1. The quantitative estimate of drug-likeness (QED) is 0.212. The number of ketones is 2. The molecular weight excluding hydrogens is 648 g/mol. The van der Waals surface area contributed by atoms with E-state index in [0.29, 0.717) is 54.8 Å². The minimum Gasteiger partial charge on any atom is -0.447 e. The zero-order valence-electron chi connectivity index (χ0n) is 25.9. The van der Waals surface area contributed by atoms with Crippen LogP contribution >= 0.6 is 23.2 Å². The van der Waals surface area contributed by atoms with Crippen LogP contribution in [0.25, 0.3) is 0 Å². The molecule has 46 heavy (non-hydrogen) atoms. The summed E-state index contributed by atoms with van der Waals surface area (Å²) in [6.07, 6.45) is -3.11. The molecule has 0 unspecified atom stereocenters. The summed E-state index contributed by atoms with van der Waals surface area (Å²) in [6, 6.07) is 4.84. The lowest BCUT2D eigenvalue weighted by atomic mass is 9.63. The largest absolute Gasteiger partial charge is 0.447 e. The van der Waals surface area contributed by atoms with Crippen molar-refractivity contribution in [2.24, 2.45) is 10.8 Å². The maximum absolute atomic E-state index is 13.9. The molecule has 0 saturated heterocycles. The van der Waals surface area contributed by atoms with Crippen molar-refractivity contribution in [3.63, 3.8) is 0 Å². The van der Waals surface area contributed by atoms with E-state index in [1.807, 2.05) is 27.7 Å². The molecule has 0 radical (unpaired) electrons. The van der Waals surface area contributed by atoms with E-state index in [1.54, 1.807) is 7.11 Å². The number of benzene rings is 2. The lowest BCUT2D eigenvalue weighted by Crippen LogP contribution is -2.45. The molecule has 1 heterocycles. The van der Waals surface area contributed by atoms with E-state index in [1.165, 1.54) is 12.1 Å². The van der Waals surface area contributed by atoms with Crippen LogP contribution in [0.5, 0.6) is 11.5 Å². The highest BCUT2D eigenvalue weighted by molar-refractivity contribution is 6.37. The number of nitrogens with zero attached hydrogens (tertiary/aromatic N) is 2. The normalized spacial score (nSPS) is 19.7. The third-order valence-corrected chi connectivity index (χ3v) is 9.15. The number of hydrogen-bond acceptors (Lipinski definition) is 7. The van der Waals surface area contributed by atoms with Crippen LogP contribution in [-0.2, 0) is 20.5 Å². The fraction of sp³-hybridized carbons (Fsp3) is 0.455. The number of carbonyl (C=O) groups excluding carboxylic acids is 2. The second kappa shape index (κ2) is 12.0. The van der Waals surface area contributed by atoms with E-state index in [0.717, 1.165) is 17.5 Å². The summed E-state index contributed by atoms with van der Waals surface area (Å²) in [5.74, 6) is -1.69. The summed E-state index contributed by atoms with van der Waals surface area (Å²) in [5.41, 5.74) is 0.262. The van der Waals surface area contributed by atoms with Gasteiger partial charge in [0, 0.05) is 61.0 Å².